The Hall–Kier alpha value is -2.31. The first-order valence-electron chi connectivity index (χ1n) is 11.4. The molecular weight excluding hydrogens is 388 g/mol. The Balaban J connectivity index is 1.20. The van der Waals surface area contributed by atoms with Gasteiger partial charge in [-0.2, -0.15) is 0 Å². The Kier molecular flexibility index (Phi) is 6.68. The number of anilines is 1. The summed E-state index contributed by atoms with van der Waals surface area (Å²) in [5, 5.41) is 14.4. The zero-order valence-corrected chi connectivity index (χ0v) is 18.7. The Morgan fingerprint density at radius 1 is 1.26 bits per heavy atom. The lowest BCUT2D eigenvalue weighted by atomic mass is 9.79. The number of aromatic nitrogens is 2. The van der Waals surface area contributed by atoms with E-state index in [0.29, 0.717) is 30.8 Å². The topological polar surface area (TPSA) is 78.4 Å². The minimum Gasteiger partial charge on any atom is -0.388 e. The Labute approximate surface area is 184 Å². The first-order valence-corrected chi connectivity index (χ1v) is 11.4. The van der Waals surface area contributed by atoms with Crippen molar-refractivity contribution in [1.29, 1.82) is 0 Å². The lowest BCUT2D eigenvalue weighted by Crippen LogP contribution is -2.54. The molecular formula is C25H34N4O2. The molecule has 1 aromatic heterocycles. The molecule has 1 aliphatic heterocycles. The number of likely N-dealkylation sites (tertiary alicyclic amines) is 1. The molecule has 0 spiro atoms. The van der Waals surface area contributed by atoms with Gasteiger partial charge in [-0.3, -0.25) is 9.69 Å². The van der Waals surface area contributed by atoms with E-state index in [2.05, 4.69) is 32.8 Å². The number of aliphatic hydroxyl groups excluding tert-OH is 1. The number of fused-ring (bicyclic) bond motifs is 1. The predicted octanol–water partition coefficient (Wildman–Crippen LogP) is 3.74. The Morgan fingerprint density at radius 2 is 2.00 bits per heavy atom. The highest BCUT2D eigenvalue weighted by Crippen LogP contribution is 2.35. The van der Waals surface area contributed by atoms with E-state index < -0.39 is 0 Å². The number of rotatable bonds is 8. The number of ketones is 1. The van der Waals surface area contributed by atoms with Crippen LogP contribution in [-0.4, -0.2) is 57.5 Å². The van der Waals surface area contributed by atoms with Crippen molar-refractivity contribution in [3.05, 3.63) is 42.2 Å². The summed E-state index contributed by atoms with van der Waals surface area (Å²) in [6, 6.07) is 6.67. The minimum atomic E-state index is -0.355. The molecule has 0 radical (unpaired) electrons. The largest absolute Gasteiger partial charge is 0.388 e. The van der Waals surface area contributed by atoms with Gasteiger partial charge in [0.15, 0.2) is 5.78 Å². The second-order valence-electron chi connectivity index (χ2n) is 9.52. The van der Waals surface area contributed by atoms with Crippen LogP contribution in [0.2, 0.25) is 0 Å². The van der Waals surface area contributed by atoms with E-state index in [1.807, 2.05) is 26.0 Å². The second kappa shape index (κ2) is 9.45. The summed E-state index contributed by atoms with van der Waals surface area (Å²) in [4.78, 5) is 23.7. The van der Waals surface area contributed by atoms with Gasteiger partial charge in [-0.1, -0.05) is 23.8 Å². The summed E-state index contributed by atoms with van der Waals surface area (Å²) in [6.45, 7) is 10.2. The summed E-state index contributed by atoms with van der Waals surface area (Å²) in [6.07, 6.45) is 6.21. The van der Waals surface area contributed by atoms with E-state index in [1.165, 1.54) is 0 Å². The number of benzene rings is 1. The van der Waals surface area contributed by atoms with Crippen molar-refractivity contribution in [2.45, 2.75) is 58.1 Å². The van der Waals surface area contributed by atoms with Crippen LogP contribution in [0.5, 0.6) is 0 Å². The van der Waals surface area contributed by atoms with Crippen LogP contribution in [-0.2, 0) is 4.79 Å². The standard InChI is InChI=1S/C25H34N4O2/c1-16(2)24(31)19-5-7-20(8-6-19)29-13-18(14-29)11-21(30)12-26-25-22-10-17(3)4-9-23(22)27-15-28-25/h4,9-10,15,18-20,24,31H,1,5-8,11-14H2,2-3H3,(H,26,27,28). The highest BCUT2D eigenvalue weighted by Gasteiger charge is 2.36. The molecule has 1 atom stereocenters. The van der Waals surface area contributed by atoms with E-state index in [0.717, 1.165) is 66.6 Å². The maximum absolute atomic E-state index is 12.5. The third-order valence-corrected chi connectivity index (χ3v) is 6.95. The average molecular weight is 423 g/mol. The number of aryl methyl sites for hydroxylation is 1. The third kappa shape index (κ3) is 5.13. The van der Waals surface area contributed by atoms with E-state index in [4.69, 9.17) is 0 Å². The SMILES string of the molecule is C=C(C)C(O)C1CCC(N2CC(CC(=O)CNc3ncnc4ccc(C)cc34)C2)CC1. The van der Waals surface area contributed by atoms with Crippen LogP contribution < -0.4 is 5.32 Å². The van der Waals surface area contributed by atoms with Crippen LogP contribution >= 0.6 is 0 Å². The number of nitrogens with zero attached hydrogens (tertiary/aromatic N) is 3. The first-order chi connectivity index (χ1) is 14.9. The molecule has 2 aliphatic rings. The molecule has 166 valence electrons. The average Bonchev–Trinajstić information content (AvgIpc) is 2.74. The molecule has 2 N–H and O–H groups in total. The van der Waals surface area contributed by atoms with Gasteiger partial charge in [0, 0.05) is 30.9 Å². The smallest absolute Gasteiger partial charge is 0.152 e. The van der Waals surface area contributed by atoms with Crippen LogP contribution in [0.4, 0.5) is 5.82 Å². The molecule has 2 fully saturated rings. The summed E-state index contributed by atoms with van der Waals surface area (Å²) in [5.74, 6) is 1.78. The van der Waals surface area contributed by atoms with Crippen molar-refractivity contribution >= 4 is 22.5 Å². The lowest BCUT2D eigenvalue weighted by molar-refractivity contribution is -0.120. The van der Waals surface area contributed by atoms with Crippen molar-refractivity contribution in [3.63, 3.8) is 0 Å². The van der Waals surface area contributed by atoms with Gasteiger partial charge in [-0.15, -0.1) is 0 Å². The molecule has 1 saturated heterocycles. The number of carbonyl (C=O) groups excluding carboxylic acids is 1. The van der Waals surface area contributed by atoms with Crippen LogP contribution in [0.25, 0.3) is 10.9 Å². The van der Waals surface area contributed by atoms with Crippen LogP contribution in [0, 0.1) is 18.8 Å². The van der Waals surface area contributed by atoms with Crippen molar-refractivity contribution in [2.75, 3.05) is 25.0 Å². The number of hydrogen-bond donors (Lipinski definition) is 2. The van der Waals surface area contributed by atoms with Crippen molar-refractivity contribution in [3.8, 4) is 0 Å². The lowest BCUT2D eigenvalue weighted by Gasteiger charge is -2.47. The van der Waals surface area contributed by atoms with E-state index in [9.17, 15) is 9.90 Å². The molecule has 6 nitrogen and oxygen atoms in total. The fourth-order valence-corrected chi connectivity index (χ4v) is 5.11. The van der Waals surface area contributed by atoms with Crippen molar-refractivity contribution in [2.24, 2.45) is 11.8 Å². The highest BCUT2D eigenvalue weighted by atomic mass is 16.3. The molecule has 2 aromatic rings. The number of nitrogens with one attached hydrogen (secondary N) is 1. The molecule has 6 heteroatoms. The van der Waals surface area contributed by atoms with Crippen LogP contribution in [0.3, 0.4) is 0 Å². The maximum atomic E-state index is 12.5. The summed E-state index contributed by atoms with van der Waals surface area (Å²) >= 11 is 0. The third-order valence-electron chi connectivity index (χ3n) is 6.95. The number of aliphatic hydroxyl groups is 1. The van der Waals surface area contributed by atoms with E-state index in [-0.39, 0.29) is 11.9 Å². The summed E-state index contributed by atoms with van der Waals surface area (Å²) in [7, 11) is 0. The first kappa shape index (κ1) is 21.9. The van der Waals surface area contributed by atoms with Gasteiger partial charge < -0.3 is 10.4 Å². The molecule has 1 aliphatic carbocycles. The predicted molar refractivity (Wildman–Crippen MR) is 124 cm³/mol. The molecule has 0 amide bonds. The van der Waals surface area contributed by atoms with E-state index in [1.54, 1.807) is 6.33 Å². The fourth-order valence-electron chi connectivity index (χ4n) is 5.11. The van der Waals surface area contributed by atoms with Crippen LogP contribution in [0.15, 0.2) is 36.7 Å². The Morgan fingerprint density at radius 3 is 2.71 bits per heavy atom. The molecule has 2 heterocycles. The van der Waals surface area contributed by atoms with Gasteiger partial charge in [0.2, 0.25) is 0 Å². The van der Waals surface area contributed by atoms with Crippen LogP contribution in [0.1, 0.15) is 44.6 Å². The number of Topliss-reactive ketones (excluding diaryl/α,β-unsaturated/α-hetero) is 1. The molecule has 1 aromatic carbocycles. The molecule has 4 rings (SSSR count). The fraction of sp³-hybridized carbons (Fsp3) is 0.560. The van der Waals surface area contributed by atoms with Gasteiger partial charge in [-0.25, -0.2) is 9.97 Å². The van der Waals surface area contributed by atoms with Gasteiger partial charge in [0.1, 0.15) is 12.1 Å². The number of carbonyl (C=O) groups is 1. The van der Waals surface area contributed by atoms with Crippen molar-refractivity contribution < 1.29 is 9.90 Å². The Bertz CT molecular complexity index is 946. The molecule has 1 unspecified atom stereocenters. The maximum Gasteiger partial charge on any atom is 0.152 e. The van der Waals surface area contributed by atoms with Crippen molar-refractivity contribution in [1.82, 2.24) is 14.9 Å². The number of hydrogen-bond acceptors (Lipinski definition) is 6. The van der Waals surface area contributed by atoms with Gasteiger partial charge >= 0.3 is 0 Å². The quantitative estimate of drug-likeness (QED) is 0.631. The minimum absolute atomic E-state index is 0.234. The summed E-state index contributed by atoms with van der Waals surface area (Å²) in [5.41, 5.74) is 2.91. The molecule has 31 heavy (non-hydrogen) atoms. The van der Waals surface area contributed by atoms with E-state index >= 15 is 0 Å². The second-order valence-corrected chi connectivity index (χ2v) is 9.52. The highest BCUT2D eigenvalue weighted by molar-refractivity contribution is 5.91. The zero-order valence-electron chi connectivity index (χ0n) is 18.7. The van der Waals surface area contributed by atoms with Gasteiger partial charge in [0.05, 0.1) is 18.2 Å². The summed E-state index contributed by atoms with van der Waals surface area (Å²) < 4.78 is 0. The van der Waals surface area contributed by atoms with Gasteiger partial charge in [0.25, 0.3) is 0 Å². The molecule has 0 bridgehead atoms. The monoisotopic (exact) mass is 422 g/mol. The van der Waals surface area contributed by atoms with Gasteiger partial charge in [-0.05, 0) is 63.5 Å². The molecule has 1 saturated carbocycles. The normalized spacial score (nSPS) is 23.3. The zero-order chi connectivity index (χ0) is 22.0.